The summed E-state index contributed by atoms with van der Waals surface area (Å²) in [6.07, 6.45) is -0.252. The SMILES string of the molecule is C/C=C(/C)C(=O)O[C@@H](c1cc(OC)c2c(c1)OCO2)[C@H](C)OC(=O)[C@@](C)(O)[C@@H](C)OC(=O)/C(C)=C\C. The highest BCUT2D eigenvalue weighted by Gasteiger charge is 2.43. The van der Waals surface area contributed by atoms with Gasteiger partial charge in [-0.3, -0.25) is 0 Å². The van der Waals surface area contributed by atoms with Crippen LogP contribution in [-0.4, -0.2) is 54.7 Å². The predicted octanol–water partition coefficient (Wildman–Crippen LogP) is 3.56. The molecule has 10 nitrogen and oxygen atoms in total. The first kappa shape index (κ1) is 28.7. The molecule has 36 heavy (non-hydrogen) atoms. The molecule has 0 amide bonds. The molecular formula is C26H34O10. The van der Waals surface area contributed by atoms with E-state index >= 15 is 0 Å². The highest BCUT2D eigenvalue weighted by atomic mass is 16.7. The maximum atomic E-state index is 13.0. The lowest BCUT2D eigenvalue weighted by Crippen LogP contribution is -2.49. The molecule has 1 N–H and O–H groups in total. The molecule has 198 valence electrons. The van der Waals surface area contributed by atoms with Crippen LogP contribution in [-0.2, 0) is 28.6 Å². The number of hydrogen-bond donors (Lipinski definition) is 1. The minimum Gasteiger partial charge on any atom is -0.493 e. The van der Waals surface area contributed by atoms with Crippen molar-refractivity contribution in [1.82, 2.24) is 0 Å². The normalized spacial score (nSPS) is 17.4. The standard InChI is InChI=1S/C26H34O10/c1-9-14(3)23(27)35-17(6)26(7,30)25(29)34-16(5)21(36-24(28)15(4)10-2)18-11-19(31-8)22-20(12-18)32-13-33-22/h9-12,16-17,21,30H,13H2,1-8H3/b14-9-,15-10-/t16-,17+,21+,26-/m0/s1. The molecule has 1 aliphatic rings. The van der Waals surface area contributed by atoms with Gasteiger partial charge in [0.2, 0.25) is 12.5 Å². The number of ether oxygens (including phenoxy) is 6. The van der Waals surface area contributed by atoms with Gasteiger partial charge < -0.3 is 33.5 Å². The Morgan fingerprint density at radius 3 is 2.14 bits per heavy atom. The Bertz CT molecular complexity index is 1050. The molecule has 0 saturated heterocycles. The third-order valence-corrected chi connectivity index (χ3v) is 5.96. The Morgan fingerprint density at radius 2 is 1.58 bits per heavy atom. The van der Waals surface area contributed by atoms with E-state index in [0.29, 0.717) is 34.0 Å². The Hall–Kier alpha value is -3.53. The number of carbonyl (C=O) groups excluding carboxylic acids is 3. The van der Waals surface area contributed by atoms with Crippen LogP contribution in [0.5, 0.6) is 17.2 Å². The Labute approximate surface area is 210 Å². The highest BCUT2D eigenvalue weighted by molar-refractivity contribution is 5.89. The van der Waals surface area contributed by atoms with Gasteiger partial charge in [0.05, 0.1) is 7.11 Å². The van der Waals surface area contributed by atoms with Crippen LogP contribution in [0, 0.1) is 0 Å². The van der Waals surface area contributed by atoms with Gasteiger partial charge in [-0.25, -0.2) is 14.4 Å². The summed E-state index contributed by atoms with van der Waals surface area (Å²) in [5, 5.41) is 10.8. The van der Waals surface area contributed by atoms with Gasteiger partial charge >= 0.3 is 17.9 Å². The lowest BCUT2D eigenvalue weighted by molar-refractivity contribution is -0.192. The molecule has 4 atom stereocenters. The van der Waals surface area contributed by atoms with E-state index in [1.54, 1.807) is 52.0 Å². The second-order valence-corrected chi connectivity index (χ2v) is 8.53. The molecule has 1 heterocycles. The number of rotatable bonds is 10. The highest BCUT2D eigenvalue weighted by Crippen LogP contribution is 2.44. The lowest BCUT2D eigenvalue weighted by atomic mass is 9.99. The maximum absolute atomic E-state index is 13.0. The van der Waals surface area contributed by atoms with Crippen LogP contribution < -0.4 is 14.2 Å². The zero-order valence-electron chi connectivity index (χ0n) is 21.9. The molecule has 0 unspecified atom stereocenters. The maximum Gasteiger partial charge on any atom is 0.342 e. The van der Waals surface area contributed by atoms with Crippen molar-refractivity contribution in [1.29, 1.82) is 0 Å². The largest absolute Gasteiger partial charge is 0.493 e. The van der Waals surface area contributed by atoms with Gasteiger partial charge in [0.1, 0.15) is 12.2 Å². The molecule has 1 aromatic carbocycles. The molecule has 2 rings (SSSR count). The summed E-state index contributed by atoms with van der Waals surface area (Å²) in [6.45, 7) is 10.6. The second-order valence-electron chi connectivity index (χ2n) is 8.53. The fraction of sp³-hybridized carbons (Fsp3) is 0.500. The third kappa shape index (κ3) is 6.37. The number of carbonyl (C=O) groups is 3. The van der Waals surface area contributed by atoms with E-state index in [1.807, 2.05) is 0 Å². The molecule has 0 bridgehead atoms. The molecule has 0 saturated carbocycles. The zero-order chi connectivity index (χ0) is 27.2. The Kier molecular flexibility index (Phi) is 9.52. The van der Waals surface area contributed by atoms with Crippen molar-refractivity contribution in [2.24, 2.45) is 0 Å². The van der Waals surface area contributed by atoms with E-state index in [2.05, 4.69) is 0 Å². The van der Waals surface area contributed by atoms with Crippen molar-refractivity contribution < 1.29 is 47.9 Å². The molecule has 0 aliphatic carbocycles. The summed E-state index contributed by atoms with van der Waals surface area (Å²) >= 11 is 0. The van der Waals surface area contributed by atoms with Crippen molar-refractivity contribution in [3.63, 3.8) is 0 Å². The van der Waals surface area contributed by atoms with E-state index in [1.165, 1.54) is 27.9 Å². The minimum absolute atomic E-state index is 0.00596. The Balaban J connectivity index is 2.34. The number of methoxy groups -OCH3 is 1. The summed E-state index contributed by atoms with van der Waals surface area (Å²) in [7, 11) is 1.45. The molecule has 1 aliphatic heterocycles. The number of esters is 3. The average Bonchev–Trinajstić information content (AvgIpc) is 3.33. The van der Waals surface area contributed by atoms with E-state index in [-0.39, 0.29) is 6.79 Å². The molecule has 10 heteroatoms. The smallest absolute Gasteiger partial charge is 0.342 e. The first-order valence-corrected chi connectivity index (χ1v) is 11.5. The third-order valence-electron chi connectivity index (χ3n) is 5.96. The topological polar surface area (TPSA) is 127 Å². The van der Waals surface area contributed by atoms with E-state index < -0.39 is 41.8 Å². The van der Waals surface area contributed by atoms with Crippen LogP contribution >= 0.6 is 0 Å². The molecule has 0 fully saturated rings. The van der Waals surface area contributed by atoms with Gasteiger partial charge in [0, 0.05) is 16.7 Å². The lowest BCUT2D eigenvalue weighted by Gasteiger charge is -2.31. The van der Waals surface area contributed by atoms with Crippen molar-refractivity contribution in [3.8, 4) is 17.2 Å². The van der Waals surface area contributed by atoms with Gasteiger partial charge in [-0.05, 0) is 60.6 Å². The summed E-state index contributed by atoms with van der Waals surface area (Å²) in [6, 6.07) is 3.18. The van der Waals surface area contributed by atoms with Crippen LogP contribution in [0.25, 0.3) is 0 Å². The molecule has 0 aromatic heterocycles. The first-order chi connectivity index (χ1) is 16.9. The van der Waals surface area contributed by atoms with E-state index in [0.717, 1.165) is 0 Å². The quantitative estimate of drug-likeness (QED) is 0.286. The van der Waals surface area contributed by atoms with Gasteiger partial charge in [0.15, 0.2) is 23.2 Å². The summed E-state index contributed by atoms with van der Waals surface area (Å²) in [5.74, 6) is -1.25. The number of aliphatic hydroxyl groups is 1. The van der Waals surface area contributed by atoms with Crippen LogP contribution in [0.2, 0.25) is 0 Å². The number of benzene rings is 1. The van der Waals surface area contributed by atoms with Gasteiger partial charge in [-0.1, -0.05) is 12.2 Å². The summed E-state index contributed by atoms with van der Waals surface area (Å²) < 4.78 is 32.7. The van der Waals surface area contributed by atoms with Crippen molar-refractivity contribution >= 4 is 17.9 Å². The van der Waals surface area contributed by atoms with Crippen LogP contribution in [0.15, 0.2) is 35.4 Å². The second kappa shape index (κ2) is 11.9. The van der Waals surface area contributed by atoms with Crippen LogP contribution in [0.1, 0.15) is 60.1 Å². The van der Waals surface area contributed by atoms with Crippen LogP contribution in [0.3, 0.4) is 0 Å². The summed E-state index contributed by atoms with van der Waals surface area (Å²) in [5.41, 5.74) is -1.10. The van der Waals surface area contributed by atoms with Gasteiger partial charge in [-0.2, -0.15) is 0 Å². The number of fused-ring (bicyclic) bond motifs is 1. The summed E-state index contributed by atoms with van der Waals surface area (Å²) in [4.78, 5) is 37.7. The van der Waals surface area contributed by atoms with Crippen molar-refractivity contribution in [2.75, 3.05) is 13.9 Å². The van der Waals surface area contributed by atoms with Crippen molar-refractivity contribution in [3.05, 3.63) is 41.0 Å². The fourth-order valence-electron chi connectivity index (χ4n) is 3.08. The zero-order valence-corrected chi connectivity index (χ0v) is 21.9. The van der Waals surface area contributed by atoms with Crippen LogP contribution in [0.4, 0.5) is 0 Å². The molecule has 0 radical (unpaired) electrons. The van der Waals surface area contributed by atoms with Gasteiger partial charge in [0.25, 0.3) is 0 Å². The monoisotopic (exact) mass is 506 g/mol. The first-order valence-electron chi connectivity index (χ1n) is 11.5. The van der Waals surface area contributed by atoms with E-state index in [9.17, 15) is 19.5 Å². The predicted molar refractivity (Wildman–Crippen MR) is 129 cm³/mol. The van der Waals surface area contributed by atoms with E-state index in [4.69, 9.17) is 28.4 Å². The molecular weight excluding hydrogens is 472 g/mol. The number of hydrogen-bond acceptors (Lipinski definition) is 10. The Morgan fingerprint density at radius 1 is 1.00 bits per heavy atom. The van der Waals surface area contributed by atoms with Gasteiger partial charge in [-0.15, -0.1) is 0 Å². The minimum atomic E-state index is -2.18. The fourth-order valence-corrected chi connectivity index (χ4v) is 3.08. The molecule has 1 aromatic rings. The molecule has 0 spiro atoms. The average molecular weight is 507 g/mol. The van der Waals surface area contributed by atoms with Crippen molar-refractivity contribution in [2.45, 2.75) is 72.4 Å². The number of allylic oxidation sites excluding steroid dienone is 2.